The summed E-state index contributed by atoms with van der Waals surface area (Å²) in [6.07, 6.45) is 4.04. The molecule has 132 valence electrons. The van der Waals surface area contributed by atoms with E-state index in [1.54, 1.807) is 12.1 Å². The van der Waals surface area contributed by atoms with Gasteiger partial charge in [0.15, 0.2) is 0 Å². The van der Waals surface area contributed by atoms with Crippen molar-refractivity contribution in [2.24, 2.45) is 5.92 Å². The third-order valence-corrected chi connectivity index (χ3v) is 6.34. The maximum atomic E-state index is 13.0. The first-order valence-corrected chi connectivity index (χ1v) is 10.5. The lowest BCUT2D eigenvalue weighted by molar-refractivity contribution is 0.0628. The highest BCUT2D eigenvalue weighted by Crippen LogP contribution is 2.34. The van der Waals surface area contributed by atoms with Crippen LogP contribution in [0, 0.1) is 5.92 Å². The zero-order valence-corrected chi connectivity index (χ0v) is 15.6. The monoisotopic (exact) mass is 350 g/mol. The Labute approximate surface area is 144 Å². The number of sulfonamides is 1. The SMILES string of the molecule is CC(C)[C@H](C)N(C(=O)c1ccc2c(c1)CCN2S(C)(=O)=O)C1CC1. The lowest BCUT2D eigenvalue weighted by Crippen LogP contribution is -2.43. The van der Waals surface area contributed by atoms with Crippen molar-refractivity contribution >= 4 is 21.6 Å². The van der Waals surface area contributed by atoms with Gasteiger partial charge in [0.1, 0.15) is 0 Å². The third kappa shape index (κ3) is 3.16. The van der Waals surface area contributed by atoms with Gasteiger partial charge in [0.25, 0.3) is 5.91 Å². The molecule has 1 atom stereocenters. The van der Waals surface area contributed by atoms with Gasteiger partial charge in [-0.05, 0) is 55.9 Å². The Hall–Kier alpha value is -1.56. The van der Waals surface area contributed by atoms with Crippen LogP contribution in [-0.2, 0) is 16.4 Å². The van der Waals surface area contributed by atoms with Crippen LogP contribution >= 0.6 is 0 Å². The molecule has 2 aliphatic rings. The van der Waals surface area contributed by atoms with Crippen LogP contribution in [0.3, 0.4) is 0 Å². The lowest BCUT2D eigenvalue weighted by atomic mass is 10.0. The fraction of sp³-hybridized carbons (Fsp3) is 0.611. The molecule has 1 amide bonds. The quantitative estimate of drug-likeness (QED) is 0.820. The van der Waals surface area contributed by atoms with Crippen molar-refractivity contribution in [3.63, 3.8) is 0 Å². The summed E-state index contributed by atoms with van der Waals surface area (Å²) in [5.74, 6) is 0.476. The number of fused-ring (bicyclic) bond motifs is 1. The summed E-state index contributed by atoms with van der Waals surface area (Å²) in [5.41, 5.74) is 2.33. The van der Waals surface area contributed by atoms with Gasteiger partial charge in [0.05, 0.1) is 11.9 Å². The molecular weight excluding hydrogens is 324 g/mol. The summed E-state index contributed by atoms with van der Waals surface area (Å²) < 4.78 is 25.1. The highest BCUT2D eigenvalue weighted by atomic mass is 32.2. The molecule has 1 fully saturated rings. The van der Waals surface area contributed by atoms with E-state index in [1.165, 1.54) is 10.6 Å². The molecule has 1 saturated carbocycles. The number of amides is 1. The van der Waals surface area contributed by atoms with Crippen molar-refractivity contribution < 1.29 is 13.2 Å². The van der Waals surface area contributed by atoms with E-state index in [1.807, 2.05) is 11.0 Å². The Morgan fingerprint density at radius 1 is 1.25 bits per heavy atom. The molecule has 1 aromatic carbocycles. The van der Waals surface area contributed by atoms with Gasteiger partial charge in [0.2, 0.25) is 10.0 Å². The largest absolute Gasteiger partial charge is 0.333 e. The van der Waals surface area contributed by atoms with Crippen LogP contribution in [0.4, 0.5) is 5.69 Å². The van der Waals surface area contributed by atoms with Crippen molar-refractivity contribution in [3.05, 3.63) is 29.3 Å². The highest BCUT2D eigenvalue weighted by molar-refractivity contribution is 7.92. The van der Waals surface area contributed by atoms with Crippen molar-refractivity contribution in [1.82, 2.24) is 4.90 Å². The summed E-state index contributed by atoms with van der Waals surface area (Å²) in [7, 11) is -3.26. The van der Waals surface area contributed by atoms with Crippen LogP contribution in [0.2, 0.25) is 0 Å². The molecule has 1 aliphatic carbocycles. The van der Waals surface area contributed by atoms with Gasteiger partial charge in [-0.2, -0.15) is 0 Å². The molecule has 0 spiro atoms. The normalized spacial score (nSPS) is 18.6. The second-order valence-electron chi connectivity index (χ2n) is 7.36. The Balaban J connectivity index is 1.89. The molecule has 1 aliphatic heterocycles. The minimum Gasteiger partial charge on any atom is -0.333 e. The number of nitrogens with zero attached hydrogens (tertiary/aromatic N) is 2. The molecule has 6 heteroatoms. The highest BCUT2D eigenvalue weighted by Gasteiger charge is 2.37. The Bertz CT molecular complexity index is 754. The summed E-state index contributed by atoms with van der Waals surface area (Å²) in [5, 5.41) is 0. The second-order valence-corrected chi connectivity index (χ2v) is 9.26. The van der Waals surface area contributed by atoms with E-state index in [4.69, 9.17) is 0 Å². The molecule has 3 rings (SSSR count). The van der Waals surface area contributed by atoms with Crippen LogP contribution in [0.15, 0.2) is 18.2 Å². The number of benzene rings is 1. The molecule has 0 aromatic heterocycles. The standard InChI is InChI=1S/C18H26N2O3S/c1-12(2)13(3)20(16-6-7-16)18(21)15-5-8-17-14(11-15)9-10-19(17)24(4,22)23/h5,8,11-13,16H,6-7,9-10H2,1-4H3/t13-/m0/s1. The first kappa shape index (κ1) is 17.3. The van der Waals surface area contributed by atoms with Crippen LogP contribution in [0.25, 0.3) is 0 Å². The number of hydrogen-bond acceptors (Lipinski definition) is 3. The van der Waals surface area contributed by atoms with Crippen LogP contribution in [-0.4, -0.2) is 44.1 Å². The van der Waals surface area contributed by atoms with E-state index in [0.717, 1.165) is 18.4 Å². The number of anilines is 1. The zero-order chi connectivity index (χ0) is 17.6. The topological polar surface area (TPSA) is 57.7 Å². The molecule has 0 N–H and O–H groups in total. The van der Waals surface area contributed by atoms with Crippen LogP contribution < -0.4 is 4.31 Å². The molecule has 0 saturated heterocycles. The van der Waals surface area contributed by atoms with E-state index < -0.39 is 10.0 Å². The fourth-order valence-corrected chi connectivity index (χ4v) is 4.31. The van der Waals surface area contributed by atoms with Crippen molar-refractivity contribution in [2.75, 3.05) is 17.1 Å². The zero-order valence-electron chi connectivity index (χ0n) is 14.8. The molecule has 1 heterocycles. The summed E-state index contributed by atoms with van der Waals surface area (Å²) >= 11 is 0. The predicted octanol–water partition coefficient (Wildman–Crippen LogP) is 2.66. The van der Waals surface area contributed by atoms with E-state index in [0.29, 0.717) is 36.2 Å². The van der Waals surface area contributed by atoms with Crippen molar-refractivity contribution in [3.8, 4) is 0 Å². The number of hydrogen-bond donors (Lipinski definition) is 0. The molecule has 0 radical (unpaired) electrons. The first-order chi connectivity index (χ1) is 11.2. The van der Waals surface area contributed by atoms with Gasteiger partial charge in [-0.15, -0.1) is 0 Å². The Kier molecular flexibility index (Phi) is 4.36. The lowest BCUT2D eigenvalue weighted by Gasteiger charge is -2.32. The molecule has 1 aromatic rings. The Morgan fingerprint density at radius 3 is 2.46 bits per heavy atom. The molecule has 24 heavy (non-hydrogen) atoms. The van der Waals surface area contributed by atoms with Gasteiger partial charge in [-0.3, -0.25) is 9.10 Å². The van der Waals surface area contributed by atoms with Crippen LogP contribution in [0.5, 0.6) is 0 Å². The van der Waals surface area contributed by atoms with Gasteiger partial charge in [-0.25, -0.2) is 8.42 Å². The van der Waals surface area contributed by atoms with Gasteiger partial charge in [0, 0.05) is 24.2 Å². The third-order valence-electron chi connectivity index (χ3n) is 5.16. The minimum absolute atomic E-state index is 0.0688. The molecule has 0 bridgehead atoms. The van der Waals surface area contributed by atoms with E-state index in [2.05, 4.69) is 20.8 Å². The smallest absolute Gasteiger partial charge is 0.254 e. The van der Waals surface area contributed by atoms with Crippen molar-refractivity contribution in [1.29, 1.82) is 0 Å². The number of rotatable bonds is 5. The van der Waals surface area contributed by atoms with Crippen LogP contribution in [0.1, 0.15) is 49.5 Å². The summed E-state index contributed by atoms with van der Waals surface area (Å²) in [6, 6.07) is 5.99. The van der Waals surface area contributed by atoms with Gasteiger partial charge >= 0.3 is 0 Å². The van der Waals surface area contributed by atoms with E-state index in [9.17, 15) is 13.2 Å². The number of carbonyl (C=O) groups is 1. The minimum atomic E-state index is -3.26. The number of carbonyl (C=O) groups excluding carboxylic acids is 1. The van der Waals surface area contributed by atoms with Gasteiger partial charge < -0.3 is 4.90 Å². The maximum Gasteiger partial charge on any atom is 0.254 e. The average molecular weight is 350 g/mol. The Morgan fingerprint density at radius 2 is 1.92 bits per heavy atom. The summed E-state index contributed by atoms with van der Waals surface area (Å²) in [4.78, 5) is 15.1. The first-order valence-electron chi connectivity index (χ1n) is 8.63. The fourth-order valence-electron chi connectivity index (χ4n) is 3.36. The maximum absolute atomic E-state index is 13.0. The summed E-state index contributed by atoms with van der Waals surface area (Å²) in [6.45, 7) is 6.85. The molecule has 0 unspecified atom stereocenters. The van der Waals surface area contributed by atoms with Crippen molar-refractivity contribution in [2.45, 2.75) is 52.1 Å². The predicted molar refractivity (Wildman–Crippen MR) is 95.8 cm³/mol. The van der Waals surface area contributed by atoms with Gasteiger partial charge in [-0.1, -0.05) is 13.8 Å². The van der Waals surface area contributed by atoms with E-state index >= 15 is 0 Å². The second kappa shape index (κ2) is 6.06. The average Bonchev–Trinajstić information content (AvgIpc) is 3.23. The van der Waals surface area contributed by atoms with E-state index in [-0.39, 0.29) is 11.9 Å². The molecular formula is C18H26N2O3S. The molecule has 5 nitrogen and oxygen atoms in total.